The number of nitriles is 1. The van der Waals surface area contributed by atoms with Crippen molar-refractivity contribution in [1.82, 2.24) is 14.8 Å². The summed E-state index contributed by atoms with van der Waals surface area (Å²) in [5.74, 6) is -1.08. The quantitative estimate of drug-likeness (QED) is 0.427. The average molecular weight is 585 g/mol. The van der Waals surface area contributed by atoms with E-state index < -0.39 is 11.7 Å². The highest BCUT2D eigenvalue weighted by molar-refractivity contribution is 5.95. The van der Waals surface area contributed by atoms with Gasteiger partial charge in [0.2, 0.25) is 5.88 Å². The second-order valence-corrected chi connectivity index (χ2v) is 11.8. The Balaban J connectivity index is 1.38. The molecule has 10 heteroatoms. The number of amides is 1. The van der Waals surface area contributed by atoms with E-state index in [1.165, 1.54) is 4.90 Å². The first kappa shape index (κ1) is 28.7. The second-order valence-electron chi connectivity index (χ2n) is 11.8. The molecule has 9 nitrogen and oxygen atoms in total. The first-order valence-corrected chi connectivity index (χ1v) is 14.9. The van der Waals surface area contributed by atoms with Crippen LogP contribution in [-0.2, 0) is 17.8 Å². The number of ether oxygens (including phenoxy) is 1. The van der Waals surface area contributed by atoms with Gasteiger partial charge >= 0.3 is 0 Å². The van der Waals surface area contributed by atoms with E-state index in [2.05, 4.69) is 40.5 Å². The molecule has 3 aliphatic heterocycles. The molecule has 0 bridgehead atoms. The van der Waals surface area contributed by atoms with Gasteiger partial charge in [-0.15, -0.1) is 0 Å². The lowest BCUT2D eigenvalue weighted by molar-refractivity contribution is -0.131. The molecule has 4 heterocycles. The Bertz CT molecular complexity index is 1620. The third kappa shape index (κ3) is 5.45. The standard InChI is InChI=1S/C33H37FN6O3/c1-21-18-39(14-15-40(21)33(42)22(2)34)31-27-11-13-38(30-8-4-6-23-16-25(41)9-10-26(23)30)19-29(27)36-32(28(31)17-35)43-20-24-7-5-12-37(24)3/h4,6,8-10,16,21,24,41H,2,5,7,11-15,18-20H2,1,3H3. The van der Waals surface area contributed by atoms with Crippen LogP contribution in [0.4, 0.5) is 15.8 Å². The fraction of sp³-hybridized carbons (Fsp3) is 0.424. The van der Waals surface area contributed by atoms with Crippen molar-refractivity contribution in [2.75, 3.05) is 56.2 Å². The van der Waals surface area contributed by atoms with E-state index in [9.17, 15) is 19.6 Å². The zero-order chi connectivity index (χ0) is 30.2. The number of aromatic nitrogens is 1. The molecule has 2 fully saturated rings. The molecule has 43 heavy (non-hydrogen) atoms. The van der Waals surface area contributed by atoms with Crippen molar-refractivity contribution in [1.29, 1.82) is 5.26 Å². The summed E-state index contributed by atoms with van der Waals surface area (Å²) in [6, 6.07) is 13.9. The van der Waals surface area contributed by atoms with Crippen LogP contribution in [0.25, 0.3) is 10.8 Å². The third-order valence-corrected chi connectivity index (χ3v) is 9.11. The normalized spacial score (nSPS) is 20.7. The van der Waals surface area contributed by atoms with E-state index in [1.807, 2.05) is 25.1 Å². The second kappa shape index (κ2) is 11.7. The summed E-state index contributed by atoms with van der Waals surface area (Å²) in [5.41, 5.74) is 4.14. The van der Waals surface area contributed by atoms with Gasteiger partial charge in [0.05, 0.1) is 17.9 Å². The molecule has 0 aliphatic carbocycles. The number of hydrogen-bond donors (Lipinski definition) is 1. The van der Waals surface area contributed by atoms with Gasteiger partial charge in [-0.2, -0.15) is 5.26 Å². The van der Waals surface area contributed by atoms with Crippen molar-refractivity contribution >= 4 is 28.1 Å². The van der Waals surface area contributed by atoms with Gasteiger partial charge in [0, 0.05) is 54.9 Å². The monoisotopic (exact) mass is 584 g/mol. The Morgan fingerprint density at radius 1 is 1.21 bits per heavy atom. The summed E-state index contributed by atoms with van der Waals surface area (Å²) < 4.78 is 20.1. The Labute approximate surface area is 251 Å². The summed E-state index contributed by atoms with van der Waals surface area (Å²) in [5, 5.41) is 22.5. The number of hydrogen-bond acceptors (Lipinski definition) is 8. The zero-order valence-corrected chi connectivity index (χ0v) is 24.7. The highest BCUT2D eigenvalue weighted by Crippen LogP contribution is 2.40. The first-order chi connectivity index (χ1) is 20.7. The van der Waals surface area contributed by atoms with Gasteiger partial charge < -0.3 is 29.4 Å². The number of nitrogens with zero attached hydrogens (tertiary/aromatic N) is 6. The Morgan fingerprint density at radius 2 is 2.05 bits per heavy atom. The van der Waals surface area contributed by atoms with Crippen LogP contribution in [0.1, 0.15) is 36.6 Å². The summed E-state index contributed by atoms with van der Waals surface area (Å²) >= 11 is 0. The number of phenols is 1. The fourth-order valence-electron chi connectivity index (χ4n) is 6.81. The van der Waals surface area contributed by atoms with Gasteiger partial charge in [-0.25, -0.2) is 9.37 Å². The highest BCUT2D eigenvalue weighted by Gasteiger charge is 2.35. The van der Waals surface area contributed by atoms with Crippen LogP contribution in [0.5, 0.6) is 11.6 Å². The molecule has 1 amide bonds. The predicted octanol–water partition coefficient (Wildman–Crippen LogP) is 4.37. The predicted molar refractivity (Wildman–Crippen MR) is 164 cm³/mol. The largest absolute Gasteiger partial charge is 0.508 e. The third-order valence-electron chi connectivity index (χ3n) is 9.11. The Hall–Kier alpha value is -4.36. The molecule has 224 valence electrons. The summed E-state index contributed by atoms with van der Waals surface area (Å²) in [4.78, 5) is 25.6. The number of carbonyl (C=O) groups is 1. The average Bonchev–Trinajstić information content (AvgIpc) is 3.42. The molecule has 1 aromatic heterocycles. The SMILES string of the molecule is C=C(F)C(=O)N1CCN(c2c(C#N)c(OCC3CCCN3C)nc3c2CCN(c2cccc4cc(O)ccc24)C3)CC1C. The summed E-state index contributed by atoms with van der Waals surface area (Å²) in [6.07, 6.45) is 2.82. The topological polar surface area (TPSA) is 96.2 Å². The molecular formula is C33H37FN6O3. The van der Waals surface area contributed by atoms with E-state index in [-0.39, 0.29) is 17.8 Å². The highest BCUT2D eigenvalue weighted by atomic mass is 19.1. The molecule has 0 radical (unpaired) electrons. The molecule has 3 aliphatic rings. The number of carbonyl (C=O) groups excluding carboxylic acids is 1. The fourth-order valence-corrected chi connectivity index (χ4v) is 6.81. The number of anilines is 2. The van der Waals surface area contributed by atoms with Crippen LogP contribution >= 0.6 is 0 Å². The maximum Gasteiger partial charge on any atom is 0.282 e. The van der Waals surface area contributed by atoms with Crippen LogP contribution < -0.4 is 14.5 Å². The van der Waals surface area contributed by atoms with Crippen molar-refractivity contribution in [3.63, 3.8) is 0 Å². The Kier molecular flexibility index (Phi) is 7.84. The number of pyridine rings is 1. The van der Waals surface area contributed by atoms with Gasteiger partial charge in [-0.05, 0) is 69.4 Å². The summed E-state index contributed by atoms with van der Waals surface area (Å²) in [6.45, 7) is 9.02. The molecule has 3 aromatic rings. The van der Waals surface area contributed by atoms with E-state index >= 15 is 0 Å². The van der Waals surface area contributed by atoms with Crippen LogP contribution in [0.3, 0.4) is 0 Å². The number of benzene rings is 2. The summed E-state index contributed by atoms with van der Waals surface area (Å²) in [7, 11) is 2.09. The number of halogens is 1. The molecule has 2 atom stereocenters. The van der Waals surface area contributed by atoms with Crippen molar-refractivity contribution in [2.24, 2.45) is 0 Å². The zero-order valence-electron chi connectivity index (χ0n) is 24.7. The molecule has 2 saturated heterocycles. The van der Waals surface area contributed by atoms with Gasteiger partial charge in [0.25, 0.3) is 5.91 Å². The maximum absolute atomic E-state index is 13.7. The number of phenolic OH excluding ortho intramolecular Hbond substituents is 1. The lowest BCUT2D eigenvalue weighted by Gasteiger charge is -2.42. The molecule has 2 aromatic carbocycles. The first-order valence-electron chi connectivity index (χ1n) is 14.9. The molecule has 0 spiro atoms. The number of likely N-dealkylation sites (tertiary alicyclic amines) is 1. The van der Waals surface area contributed by atoms with Gasteiger partial charge in [0.15, 0.2) is 5.83 Å². The number of likely N-dealkylation sites (N-methyl/N-ethyl adjacent to an activating group) is 1. The minimum Gasteiger partial charge on any atom is -0.508 e. The molecule has 6 rings (SSSR count). The van der Waals surface area contributed by atoms with Crippen LogP contribution in [-0.4, -0.2) is 84.3 Å². The van der Waals surface area contributed by atoms with Crippen molar-refractivity contribution in [3.8, 4) is 17.7 Å². The van der Waals surface area contributed by atoms with E-state index in [4.69, 9.17) is 9.72 Å². The van der Waals surface area contributed by atoms with Gasteiger partial charge in [0.1, 0.15) is 24.0 Å². The minimum atomic E-state index is -0.962. The number of piperazine rings is 1. The van der Waals surface area contributed by atoms with Gasteiger partial charge in [-0.3, -0.25) is 4.79 Å². The van der Waals surface area contributed by atoms with Crippen molar-refractivity contribution in [2.45, 2.75) is 44.8 Å². The lowest BCUT2D eigenvalue weighted by Crippen LogP contribution is -2.54. The van der Waals surface area contributed by atoms with E-state index in [1.54, 1.807) is 12.1 Å². The number of rotatable bonds is 6. The van der Waals surface area contributed by atoms with Crippen LogP contribution in [0, 0.1) is 11.3 Å². The number of aromatic hydroxyl groups is 1. The molecule has 2 unspecified atom stereocenters. The lowest BCUT2D eigenvalue weighted by atomic mass is 9.96. The maximum atomic E-state index is 13.7. The molecule has 0 saturated carbocycles. The van der Waals surface area contributed by atoms with Crippen molar-refractivity contribution in [3.05, 3.63) is 65.6 Å². The smallest absolute Gasteiger partial charge is 0.282 e. The Morgan fingerprint density at radius 3 is 2.77 bits per heavy atom. The minimum absolute atomic E-state index is 0.227. The van der Waals surface area contributed by atoms with E-state index in [0.717, 1.165) is 59.3 Å². The van der Waals surface area contributed by atoms with Gasteiger partial charge in [-0.1, -0.05) is 18.7 Å². The molecular weight excluding hydrogens is 547 g/mol. The van der Waals surface area contributed by atoms with Crippen molar-refractivity contribution < 1.29 is 19.0 Å². The van der Waals surface area contributed by atoms with Crippen LogP contribution in [0.2, 0.25) is 0 Å². The number of fused-ring (bicyclic) bond motifs is 2. The van der Waals surface area contributed by atoms with Crippen LogP contribution in [0.15, 0.2) is 48.8 Å². The van der Waals surface area contributed by atoms with E-state index in [0.29, 0.717) is 50.7 Å². The molecule has 1 N–H and O–H groups in total.